The predicted octanol–water partition coefficient (Wildman–Crippen LogP) is 9.33. The second kappa shape index (κ2) is 10.4. The number of benzene rings is 1. The van der Waals surface area contributed by atoms with Crippen LogP contribution in [-0.2, 0) is 11.3 Å². The fraction of sp³-hybridized carbons (Fsp3) is 0.441. The second-order valence-electron chi connectivity index (χ2n) is 12.7. The lowest BCUT2D eigenvalue weighted by Crippen LogP contribution is -2.46. The molecule has 0 N–H and O–H groups in total. The molecule has 2 bridgehead atoms. The molecule has 0 aliphatic heterocycles. The van der Waals surface area contributed by atoms with Gasteiger partial charge in [0.15, 0.2) is 0 Å². The highest BCUT2D eigenvalue weighted by Gasteiger charge is 2.48. The van der Waals surface area contributed by atoms with Gasteiger partial charge in [0.25, 0.3) is 0 Å². The van der Waals surface area contributed by atoms with E-state index in [2.05, 4.69) is 51.5 Å². The van der Waals surface area contributed by atoms with Crippen LogP contribution in [0.5, 0.6) is 5.88 Å². The highest BCUT2D eigenvalue weighted by Crippen LogP contribution is 2.55. The van der Waals surface area contributed by atoms with Crippen molar-refractivity contribution in [1.29, 1.82) is 0 Å². The first-order chi connectivity index (χ1) is 20.5. The topological polar surface area (TPSA) is 70.3 Å². The molecule has 5 saturated carbocycles. The summed E-state index contributed by atoms with van der Waals surface area (Å²) in [4.78, 5) is 8.63. The lowest BCUT2D eigenvalue weighted by atomic mass is 9.58. The van der Waals surface area contributed by atoms with E-state index in [0.717, 1.165) is 86.8 Å². The molecule has 5 fully saturated rings. The van der Waals surface area contributed by atoms with Gasteiger partial charge < -0.3 is 14.0 Å². The van der Waals surface area contributed by atoms with Crippen LogP contribution in [-0.4, -0.2) is 26.8 Å². The molecule has 42 heavy (non-hydrogen) atoms. The molecule has 1 aromatic carbocycles. The molecule has 0 atom stereocenters. The number of nitrogens with zero attached hydrogens (tertiary/aromatic N) is 3. The lowest BCUT2D eigenvalue weighted by molar-refractivity contribution is -0.133. The molecule has 0 amide bonds. The van der Waals surface area contributed by atoms with E-state index >= 15 is 0 Å². The van der Waals surface area contributed by atoms with E-state index < -0.39 is 0 Å². The maximum Gasteiger partial charge on any atom is 0.221 e. The molecule has 5 aliphatic carbocycles. The van der Waals surface area contributed by atoms with Gasteiger partial charge in [0.05, 0.1) is 22.3 Å². The normalized spacial score (nSPS) is 25.5. The molecular weight excluding hydrogens is 569 g/mol. The maximum absolute atomic E-state index is 6.82. The zero-order chi connectivity index (χ0) is 28.3. The van der Waals surface area contributed by atoms with Gasteiger partial charge in [0.2, 0.25) is 5.88 Å². The average Bonchev–Trinajstić information content (AvgIpc) is 3.96. The van der Waals surface area contributed by atoms with E-state index in [1.165, 1.54) is 10.9 Å². The van der Waals surface area contributed by atoms with Crippen molar-refractivity contribution in [2.45, 2.75) is 88.4 Å². The minimum atomic E-state index is -0.111. The van der Waals surface area contributed by atoms with Gasteiger partial charge >= 0.3 is 0 Å². The van der Waals surface area contributed by atoms with E-state index in [9.17, 15) is 0 Å². The average molecular weight is 603 g/mol. The summed E-state index contributed by atoms with van der Waals surface area (Å²) in [6.45, 7) is 0.457. The second-order valence-corrected chi connectivity index (χ2v) is 13.5. The highest BCUT2D eigenvalue weighted by molar-refractivity contribution is 6.38. The van der Waals surface area contributed by atoms with Crippen molar-refractivity contribution >= 4 is 40.1 Å². The zero-order valence-electron chi connectivity index (χ0n) is 23.5. The van der Waals surface area contributed by atoms with Gasteiger partial charge in [0.1, 0.15) is 17.6 Å². The number of pyridine rings is 2. The molecule has 8 heteroatoms. The number of ether oxygens (including phenoxy) is 2. The highest BCUT2D eigenvalue weighted by atomic mass is 35.5. The van der Waals surface area contributed by atoms with Gasteiger partial charge in [-0.15, -0.1) is 0 Å². The summed E-state index contributed by atoms with van der Waals surface area (Å²) in [5.74, 6) is 2.08. The van der Waals surface area contributed by atoms with Crippen molar-refractivity contribution in [3.63, 3.8) is 0 Å². The van der Waals surface area contributed by atoms with E-state index in [1.807, 2.05) is 6.20 Å². The number of hydrogen-bond acceptors (Lipinski definition) is 6. The van der Waals surface area contributed by atoms with Gasteiger partial charge in [-0.1, -0.05) is 52.6 Å². The van der Waals surface area contributed by atoms with E-state index in [-0.39, 0.29) is 11.0 Å². The Kier molecular flexibility index (Phi) is 6.58. The van der Waals surface area contributed by atoms with Crippen LogP contribution < -0.4 is 4.74 Å². The minimum Gasteiger partial charge on any atom is -0.474 e. The fourth-order valence-corrected chi connectivity index (χ4v) is 7.35. The first-order valence-corrected chi connectivity index (χ1v) is 15.9. The summed E-state index contributed by atoms with van der Waals surface area (Å²) in [5, 5.41) is 7.63. The van der Waals surface area contributed by atoms with Crippen LogP contribution in [0.15, 0.2) is 53.5 Å². The van der Waals surface area contributed by atoms with Crippen molar-refractivity contribution in [1.82, 2.24) is 15.1 Å². The van der Waals surface area contributed by atoms with Crippen LogP contribution in [0.3, 0.4) is 0 Å². The lowest BCUT2D eigenvalue weighted by Gasteiger charge is -2.52. The van der Waals surface area contributed by atoms with Crippen molar-refractivity contribution in [2.24, 2.45) is 5.41 Å². The molecule has 4 aromatic rings. The van der Waals surface area contributed by atoms with Gasteiger partial charge in [-0.25, -0.2) is 4.98 Å². The molecule has 5 aliphatic rings. The van der Waals surface area contributed by atoms with Crippen molar-refractivity contribution in [3.8, 4) is 17.1 Å². The summed E-state index contributed by atoms with van der Waals surface area (Å²) in [5.41, 5.74) is 3.66. The smallest absolute Gasteiger partial charge is 0.221 e. The summed E-state index contributed by atoms with van der Waals surface area (Å²) >= 11 is 13.0. The number of hydrogen-bond donors (Lipinski definition) is 0. The third-order valence-electron chi connectivity index (χ3n) is 9.80. The first-order valence-electron chi connectivity index (χ1n) is 15.2. The SMILES string of the molecule is Clc1cncc(Cl)c1-c1noc(C2CC2)c1COC12CCC(/C=C/c3ccc4ccnc(OC5CC5)c4c3)(CC1)CC2. The monoisotopic (exact) mass is 601 g/mol. The Bertz CT molecular complexity index is 1650. The predicted molar refractivity (Wildman–Crippen MR) is 164 cm³/mol. The number of rotatable bonds is 9. The Morgan fingerprint density at radius 1 is 0.952 bits per heavy atom. The number of fused-ring (bicyclic) bond motifs is 4. The van der Waals surface area contributed by atoms with Gasteiger partial charge in [-0.2, -0.15) is 0 Å². The maximum atomic E-state index is 6.82. The molecule has 216 valence electrons. The van der Waals surface area contributed by atoms with Gasteiger partial charge in [-0.05, 0) is 92.7 Å². The fourth-order valence-electron chi connectivity index (χ4n) is 6.81. The third-order valence-corrected chi connectivity index (χ3v) is 10.4. The Hall–Kier alpha value is -2.93. The summed E-state index contributed by atoms with van der Waals surface area (Å²) in [6, 6.07) is 8.65. The van der Waals surface area contributed by atoms with Crippen molar-refractivity contribution in [3.05, 3.63) is 75.9 Å². The Morgan fingerprint density at radius 2 is 1.71 bits per heavy atom. The Morgan fingerprint density at radius 3 is 2.43 bits per heavy atom. The molecule has 9 rings (SSSR count). The van der Waals surface area contributed by atoms with Gasteiger partial charge in [0, 0.05) is 41.0 Å². The standard InChI is InChI=1S/C34H33Cl2N3O3/c35-27-18-37-19-28(36)29(27)30-26(31(42-39-30)23-3-4-23)20-40-34-13-10-33(11-14-34,12-15-34)9-7-21-1-2-22-8-16-38-32(25(22)17-21)41-24-5-6-24/h1-2,7-9,16-19,23-24H,3-6,10-15,20H2/b9-7+. The van der Waals surface area contributed by atoms with Crippen molar-refractivity contribution < 1.29 is 14.0 Å². The van der Waals surface area contributed by atoms with Crippen LogP contribution >= 0.6 is 23.2 Å². The largest absolute Gasteiger partial charge is 0.474 e. The first kappa shape index (κ1) is 26.7. The molecular formula is C34H33Cl2N3O3. The molecule has 3 aromatic heterocycles. The Labute approximate surface area is 255 Å². The third kappa shape index (κ3) is 5.01. The number of aromatic nitrogens is 3. The van der Waals surface area contributed by atoms with Crippen LogP contribution in [0, 0.1) is 5.41 Å². The van der Waals surface area contributed by atoms with Crippen LogP contribution in [0.2, 0.25) is 10.0 Å². The molecule has 0 saturated heterocycles. The van der Waals surface area contributed by atoms with Crippen LogP contribution in [0.4, 0.5) is 0 Å². The van der Waals surface area contributed by atoms with Gasteiger partial charge in [-0.3, -0.25) is 4.98 Å². The molecule has 0 spiro atoms. The summed E-state index contributed by atoms with van der Waals surface area (Å²) < 4.78 is 18.8. The minimum absolute atomic E-state index is 0.111. The van der Waals surface area contributed by atoms with E-state index in [0.29, 0.717) is 39.9 Å². The molecule has 0 unspecified atom stereocenters. The zero-order valence-corrected chi connectivity index (χ0v) is 25.0. The Balaban J connectivity index is 0.977. The molecule has 6 nitrogen and oxygen atoms in total. The number of allylic oxidation sites excluding steroid dienone is 1. The van der Waals surface area contributed by atoms with E-state index in [1.54, 1.807) is 12.4 Å². The molecule has 3 heterocycles. The summed E-state index contributed by atoms with van der Waals surface area (Å²) in [6.07, 6.45) is 21.1. The van der Waals surface area contributed by atoms with E-state index in [4.69, 9.17) is 37.2 Å². The van der Waals surface area contributed by atoms with Crippen LogP contribution in [0.25, 0.3) is 28.1 Å². The van der Waals surface area contributed by atoms with Crippen LogP contribution in [0.1, 0.15) is 87.0 Å². The summed E-state index contributed by atoms with van der Waals surface area (Å²) in [7, 11) is 0. The van der Waals surface area contributed by atoms with Crippen molar-refractivity contribution in [2.75, 3.05) is 0 Å². The molecule has 0 radical (unpaired) electrons. The quantitative estimate of drug-likeness (QED) is 0.190. The number of halogens is 2.